The molecule has 0 aromatic carbocycles. The van der Waals surface area contributed by atoms with Gasteiger partial charge in [-0.05, 0) is 19.8 Å². The molecule has 94 valence electrons. The second-order valence-corrected chi connectivity index (χ2v) is 4.31. The van der Waals surface area contributed by atoms with E-state index < -0.39 is 0 Å². The van der Waals surface area contributed by atoms with E-state index in [2.05, 4.69) is 14.9 Å². The molecule has 5 nitrogen and oxygen atoms in total. The van der Waals surface area contributed by atoms with Gasteiger partial charge in [-0.25, -0.2) is 4.98 Å². The molecule has 1 aromatic rings. The Hall–Kier alpha value is -1.20. The molecule has 1 saturated heterocycles. The van der Waals surface area contributed by atoms with Crippen molar-refractivity contribution in [3.8, 4) is 0 Å². The Morgan fingerprint density at radius 2 is 2.06 bits per heavy atom. The minimum atomic E-state index is 0.353. The summed E-state index contributed by atoms with van der Waals surface area (Å²) < 4.78 is 5.66. The average Bonchev–Trinajstić information content (AvgIpc) is 2.38. The zero-order chi connectivity index (χ0) is 12.1. The second kappa shape index (κ2) is 5.93. The van der Waals surface area contributed by atoms with Crippen molar-refractivity contribution in [2.45, 2.75) is 25.9 Å². The predicted octanol–water partition coefficient (Wildman–Crippen LogP) is 0.729. The molecule has 1 fully saturated rings. The molecule has 2 rings (SSSR count). The SMILES string of the molecule is Cc1nccnc1N1CCC(OCCN)CC1. The van der Waals surface area contributed by atoms with Crippen molar-refractivity contribution in [2.75, 3.05) is 31.1 Å². The summed E-state index contributed by atoms with van der Waals surface area (Å²) in [5.74, 6) is 1.00. The van der Waals surface area contributed by atoms with Crippen molar-refractivity contribution >= 4 is 5.82 Å². The lowest BCUT2D eigenvalue weighted by molar-refractivity contribution is 0.0421. The third kappa shape index (κ3) is 3.14. The van der Waals surface area contributed by atoms with E-state index in [4.69, 9.17) is 10.5 Å². The van der Waals surface area contributed by atoms with Gasteiger partial charge >= 0.3 is 0 Å². The highest BCUT2D eigenvalue weighted by Gasteiger charge is 2.21. The molecule has 5 heteroatoms. The van der Waals surface area contributed by atoms with E-state index in [0.717, 1.165) is 37.4 Å². The van der Waals surface area contributed by atoms with Crippen LogP contribution in [-0.2, 0) is 4.74 Å². The lowest BCUT2D eigenvalue weighted by Gasteiger charge is -2.33. The third-order valence-electron chi connectivity index (χ3n) is 3.07. The molecular weight excluding hydrogens is 216 g/mol. The molecule has 0 atom stereocenters. The Morgan fingerprint density at radius 1 is 1.35 bits per heavy atom. The summed E-state index contributed by atoms with van der Waals surface area (Å²) in [5, 5.41) is 0. The van der Waals surface area contributed by atoms with Crippen LogP contribution in [0.2, 0.25) is 0 Å². The summed E-state index contributed by atoms with van der Waals surface area (Å²) in [4.78, 5) is 10.9. The largest absolute Gasteiger partial charge is 0.377 e. The number of aromatic nitrogens is 2. The van der Waals surface area contributed by atoms with Crippen LogP contribution in [0, 0.1) is 6.92 Å². The highest BCUT2D eigenvalue weighted by atomic mass is 16.5. The molecule has 2 heterocycles. The molecule has 0 spiro atoms. The number of ether oxygens (including phenoxy) is 1. The number of hydrogen-bond acceptors (Lipinski definition) is 5. The van der Waals surface area contributed by atoms with Gasteiger partial charge in [-0.3, -0.25) is 4.98 Å². The number of nitrogens with two attached hydrogens (primary N) is 1. The van der Waals surface area contributed by atoms with Crippen LogP contribution in [0.3, 0.4) is 0 Å². The Morgan fingerprint density at radius 3 is 2.71 bits per heavy atom. The quantitative estimate of drug-likeness (QED) is 0.835. The summed E-state index contributed by atoms with van der Waals surface area (Å²) in [6.07, 6.45) is 5.91. The fourth-order valence-corrected chi connectivity index (χ4v) is 2.18. The number of rotatable bonds is 4. The topological polar surface area (TPSA) is 64.3 Å². The fraction of sp³-hybridized carbons (Fsp3) is 0.667. The van der Waals surface area contributed by atoms with Crippen molar-refractivity contribution in [1.82, 2.24) is 9.97 Å². The second-order valence-electron chi connectivity index (χ2n) is 4.31. The molecular formula is C12H20N4O. The van der Waals surface area contributed by atoms with E-state index in [1.807, 2.05) is 6.92 Å². The van der Waals surface area contributed by atoms with Crippen LogP contribution in [0.15, 0.2) is 12.4 Å². The van der Waals surface area contributed by atoms with E-state index in [9.17, 15) is 0 Å². The first kappa shape index (κ1) is 12.3. The molecule has 0 saturated carbocycles. The maximum Gasteiger partial charge on any atom is 0.150 e. The van der Waals surface area contributed by atoms with E-state index in [1.165, 1.54) is 0 Å². The van der Waals surface area contributed by atoms with Crippen molar-refractivity contribution < 1.29 is 4.74 Å². The van der Waals surface area contributed by atoms with Crippen LogP contribution >= 0.6 is 0 Å². The van der Waals surface area contributed by atoms with Gasteiger partial charge in [0, 0.05) is 32.0 Å². The normalized spacial score (nSPS) is 17.4. The Balaban J connectivity index is 1.89. The van der Waals surface area contributed by atoms with Gasteiger partial charge in [0.25, 0.3) is 0 Å². The highest BCUT2D eigenvalue weighted by Crippen LogP contribution is 2.20. The lowest BCUT2D eigenvalue weighted by atomic mass is 10.1. The molecule has 0 bridgehead atoms. The lowest BCUT2D eigenvalue weighted by Crippen LogP contribution is -2.38. The minimum Gasteiger partial charge on any atom is -0.377 e. The Labute approximate surface area is 102 Å². The Kier molecular flexibility index (Phi) is 4.28. The molecule has 1 aliphatic heterocycles. The fourth-order valence-electron chi connectivity index (χ4n) is 2.18. The smallest absolute Gasteiger partial charge is 0.150 e. The van der Waals surface area contributed by atoms with Gasteiger partial charge in [0.2, 0.25) is 0 Å². The minimum absolute atomic E-state index is 0.353. The van der Waals surface area contributed by atoms with Gasteiger partial charge in [0.1, 0.15) is 5.82 Å². The molecule has 2 N–H and O–H groups in total. The number of nitrogens with zero attached hydrogens (tertiary/aromatic N) is 3. The molecule has 0 aliphatic carbocycles. The number of anilines is 1. The zero-order valence-electron chi connectivity index (χ0n) is 10.3. The van der Waals surface area contributed by atoms with Crippen molar-refractivity contribution in [2.24, 2.45) is 5.73 Å². The van der Waals surface area contributed by atoms with Crippen molar-refractivity contribution in [1.29, 1.82) is 0 Å². The predicted molar refractivity (Wildman–Crippen MR) is 67.0 cm³/mol. The van der Waals surface area contributed by atoms with Crippen molar-refractivity contribution in [3.05, 3.63) is 18.1 Å². The average molecular weight is 236 g/mol. The van der Waals surface area contributed by atoms with Crippen LogP contribution in [0.5, 0.6) is 0 Å². The van der Waals surface area contributed by atoms with E-state index in [1.54, 1.807) is 12.4 Å². The van der Waals surface area contributed by atoms with Crippen LogP contribution in [0.1, 0.15) is 18.5 Å². The maximum atomic E-state index is 5.66. The van der Waals surface area contributed by atoms with Gasteiger partial charge in [-0.2, -0.15) is 0 Å². The van der Waals surface area contributed by atoms with Crippen LogP contribution in [0.4, 0.5) is 5.82 Å². The van der Waals surface area contributed by atoms with E-state index in [0.29, 0.717) is 19.3 Å². The van der Waals surface area contributed by atoms with E-state index >= 15 is 0 Å². The number of aryl methyl sites for hydroxylation is 1. The summed E-state index contributed by atoms with van der Waals surface area (Å²) in [5.41, 5.74) is 6.42. The van der Waals surface area contributed by atoms with Crippen LogP contribution < -0.4 is 10.6 Å². The molecule has 17 heavy (non-hydrogen) atoms. The van der Waals surface area contributed by atoms with Crippen molar-refractivity contribution in [3.63, 3.8) is 0 Å². The number of piperidine rings is 1. The summed E-state index contributed by atoms with van der Waals surface area (Å²) >= 11 is 0. The van der Waals surface area contributed by atoms with Gasteiger partial charge in [0.05, 0.1) is 18.4 Å². The van der Waals surface area contributed by atoms with Gasteiger partial charge in [-0.1, -0.05) is 0 Å². The first-order valence-corrected chi connectivity index (χ1v) is 6.15. The standard InChI is InChI=1S/C12H20N4O/c1-10-12(15-6-5-14-10)16-7-2-11(3-8-16)17-9-4-13/h5-6,11H,2-4,7-9,13H2,1H3. The first-order valence-electron chi connectivity index (χ1n) is 6.15. The van der Waals surface area contributed by atoms with Crippen LogP contribution in [-0.4, -0.2) is 42.3 Å². The van der Waals surface area contributed by atoms with Gasteiger partial charge in [-0.15, -0.1) is 0 Å². The maximum absolute atomic E-state index is 5.66. The Bertz CT molecular complexity index is 350. The highest BCUT2D eigenvalue weighted by molar-refractivity contribution is 5.42. The summed E-state index contributed by atoms with van der Waals surface area (Å²) in [6, 6.07) is 0. The van der Waals surface area contributed by atoms with E-state index in [-0.39, 0.29) is 0 Å². The first-order chi connectivity index (χ1) is 8.31. The molecule has 1 aromatic heterocycles. The van der Waals surface area contributed by atoms with Gasteiger partial charge in [0.15, 0.2) is 0 Å². The molecule has 1 aliphatic rings. The summed E-state index contributed by atoms with van der Waals surface area (Å²) in [7, 11) is 0. The third-order valence-corrected chi connectivity index (χ3v) is 3.07. The molecule has 0 amide bonds. The zero-order valence-corrected chi connectivity index (χ0v) is 10.3. The molecule has 0 radical (unpaired) electrons. The summed E-state index contributed by atoms with van der Waals surface area (Å²) in [6.45, 7) is 5.22. The monoisotopic (exact) mass is 236 g/mol. The van der Waals surface area contributed by atoms with Crippen LogP contribution in [0.25, 0.3) is 0 Å². The van der Waals surface area contributed by atoms with Gasteiger partial charge < -0.3 is 15.4 Å². The number of hydrogen-bond donors (Lipinski definition) is 1. The molecule has 0 unspecified atom stereocenters.